The second-order valence-corrected chi connectivity index (χ2v) is 7.68. The van der Waals surface area contributed by atoms with Crippen molar-refractivity contribution in [3.63, 3.8) is 0 Å². The minimum Gasteiger partial charge on any atom is -0.497 e. The van der Waals surface area contributed by atoms with Crippen LogP contribution >= 0.6 is 11.8 Å². The largest absolute Gasteiger partial charge is 0.497 e. The first-order valence-corrected chi connectivity index (χ1v) is 9.83. The SMILES string of the molecule is COc1ccc2oc(C(=O)N3CCSC(c4ccccc4)CC3)cc2c1. The molecule has 1 unspecified atom stereocenters. The number of nitrogens with zero attached hydrogens (tertiary/aromatic N) is 1. The van der Waals surface area contributed by atoms with Crippen LogP contribution in [0.5, 0.6) is 5.75 Å². The molecule has 1 amide bonds. The van der Waals surface area contributed by atoms with Crippen LogP contribution < -0.4 is 4.74 Å². The van der Waals surface area contributed by atoms with Gasteiger partial charge in [-0.3, -0.25) is 4.79 Å². The predicted molar refractivity (Wildman–Crippen MR) is 105 cm³/mol. The Morgan fingerprint density at radius 1 is 1.15 bits per heavy atom. The van der Waals surface area contributed by atoms with E-state index in [-0.39, 0.29) is 5.91 Å². The Kier molecular flexibility index (Phi) is 4.89. The maximum Gasteiger partial charge on any atom is 0.289 e. The molecule has 0 radical (unpaired) electrons. The van der Waals surface area contributed by atoms with Gasteiger partial charge in [0.1, 0.15) is 11.3 Å². The van der Waals surface area contributed by atoms with Gasteiger partial charge >= 0.3 is 0 Å². The zero-order chi connectivity index (χ0) is 17.9. The third-order valence-corrected chi connectivity index (χ3v) is 6.06. The van der Waals surface area contributed by atoms with Gasteiger partial charge in [-0.15, -0.1) is 0 Å². The van der Waals surface area contributed by atoms with Crippen molar-refractivity contribution in [1.29, 1.82) is 0 Å². The van der Waals surface area contributed by atoms with E-state index in [4.69, 9.17) is 9.15 Å². The second kappa shape index (κ2) is 7.46. The molecule has 2 heterocycles. The number of hydrogen-bond donors (Lipinski definition) is 0. The van der Waals surface area contributed by atoms with Crippen molar-refractivity contribution in [2.75, 3.05) is 26.0 Å². The number of methoxy groups -OCH3 is 1. The molecular formula is C21H21NO3S. The number of benzene rings is 2. The van der Waals surface area contributed by atoms with Crippen LogP contribution in [0, 0.1) is 0 Å². The number of thioether (sulfide) groups is 1. The summed E-state index contributed by atoms with van der Waals surface area (Å²) in [5.74, 6) is 2.05. The maximum absolute atomic E-state index is 12.9. The first-order chi connectivity index (χ1) is 12.7. The van der Waals surface area contributed by atoms with Crippen LogP contribution in [-0.2, 0) is 0 Å². The standard InChI is InChI=1S/C21H21NO3S/c1-24-17-7-8-18-16(13-17)14-19(25-18)21(23)22-10-9-20(26-12-11-22)15-5-3-2-4-6-15/h2-8,13-14,20H,9-12H2,1H3. The van der Waals surface area contributed by atoms with Crippen LogP contribution in [0.2, 0.25) is 0 Å². The summed E-state index contributed by atoms with van der Waals surface area (Å²) in [4.78, 5) is 14.8. The Hall–Kier alpha value is -2.40. The molecule has 2 aromatic carbocycles. The summed E-state index contributed by atoms with van der Waals surface area (Å²) in [5.41, 5.74) is 2.04. The van der Waals surface area contributed by atoms with Crippen molar-refractivity contribution in [3.8, 4) is 5.75 Å². The number of carbonyl (C=O) groups excluding carboxylic acids is 1. The summed E-state index contributed by atoms with van der Waals surface area (Å²) < 4.78 is 11.0. The predicted octanol–water partition coefficient (Wildman–Crippen LogP) is 4.76. The summed E-state index contributed by atoms with van der Waals surface area (Å²) in [6, 6.07) is 17.9. The summed E-state index contributed by atoms with van der Waals surface area (Å²) in [7, 11) is 1.63. The molecule has 4 nitrogen and oxygen atoms in total. The fourth-order valence-electron chi connectivity index (χ4n) is 3.32. The molecule has 5 heteroatoms. The van der Waals surface area contributed by atoms with Gasteiger partial charge in [0.05, 0.1) is 7.11 Å². The van der Waals surface area contributed by atoms with E-state index in [1.54, 1.807) is 7.11 Å². The molecule has 1 saturated heterocycles. The molecule has 1 aromatic heterocycles. The van der Waals surface area contributed by atoms with Crippen molar-refractivity contribution >= 4 is 28.6 Å². The third-order valence-electron chi connectivity index (χ3n) is 4.73. The number of amides is 1. The highest BCUT2D eigenvalue weighted by atomic mass is 32.2. The molecule has 1 atom stereocenters. The first-order valence-electron chi connectivity index (χ1n) is 8.78. The average Bonchev–Trinajstić information content (AvgIpc) is 2.96. The number of furan rings is 1. The van der Waals surface area contributed by atoms with Gasteiger partial charge in [0.2, 0.25) is 0 Å². The second-order valence-electron chi connectivity index (χ2n) is 6.37. The first kappa shape index (κ1) is 17.0. The van der Waals surface area contributed by atoms with Gasteiger partial charge in [-0.05, 0) is 36.2 Å². The Labute approximate surface area is 157 Å². The van der Waals surface area contributed by atoms with E-state index in [0.717, 1.165) is 36.4 Å². The van der Waals surface area contributed by atoms with Gasteiger partial charge in [0, 0.05) is 29.5 Å². The van der Waals surface area contributed by atoms with Gasteiger partial charge in [-0.25, -0.2) is 0 Å². The summed E-state index contributed by atoms with van der Waals surface area (Å²) >= 11 is 1.92. The van der Waals surface area contributed by atoms with Crippen molar-refractivity contribution in [1.82, 2.24) is 4.90 Å². The Balaban J connectivity index is 1.50. The summed E-state index contributed by atoms with van der Waals surface area (Å²) in [5, 5.41) is 1.33. The van der Waals surface area contributed by atoms with E-state index >= 15 is 0 Å². The van der Waals surface area contributed by atoms with Crippen LogP contribution in [0.25, 0.3) is 11.0 Å². The number of carbonyl (C=O) groups is 1. The monoisotopic (exact) mass is 367 g/mol. The van der Waals surface area contributed by atoms with E-state index < -0.39 is 0 Å². The molecule has 0 aliphatic carbocycles. The normalized spacial score (nSPS) is 17.9. The molecule has 4 rings (SSSR count). The topological polar surface area (TPSA) is 42.7 Å². The van der Waals surface area contributed by atoms with Crippen LogP contribution in [0.1, 0.15) is 27.8 Å². The van der Waals surface area contributed by atoms with Crippen molar-refractivity contribution in [3.05, 3.63) is 65.9 Å². The zero-order valence-electron chi connectivity index (χ0n) is 14.7. The molecule has 1 aliphatic rings. The minimum atomic E-state index is -0.0329. The smallest absolute Gasteiger partial charge is 0.289 e. The van der Waals surface area contributed by atoms with Crippen molar-refractivity contribution in [2.24, 2.45) is 0 Å². The van der Waals surface area contributed by atoms with E-state index in [0.29, 0.717) is 16.6 Å². The van der Waals surface area contributed by atoms with Gasteiger partial charge in [-0.2, -0.15) is 11.8 Å². The lowest BCUT2D eigenvalue weighted by atomic mass is 10.1. The van der Waals surface area contributed by atoms with E-state index in [2.05, 4.69) is 24.3 Å². The fraction of sp³-hybridized carbons (Fsp3) is 0.286. The minimum absolute atomic E-state index is 0.0329. The maximum atomic E-state index is 12.9. The van der Waals surface area contributed by atoms with Crippen LogP contribution in [0.15, 0.2) is 59.0 Å². The zero-order valence-corrected chi connectivity index (χ0v) is 15.5. The third kappa shape index (κ3) is 3.44. The van der Waals surface area contributed by atoms with Gasteiger partial charge < -0.3 is 14.1 Å². The highest BCUT2D eigenvalue weighted by Crippen LogP contribution is 2.34. The van der Waals surface area contributed by atoms with Crippen molar-refractivity contribution in [2.45, 2.75) is 11.7 Å². The lowest BCUT2D eigenvalue weighted by Crippen LogP contribution is -2.32. The highest BCUT2D eigenvalue weighted by Gasteiger charge is 2.25. The van der Waals surface area contributed by atoms with Crippen molar-refractivity contribution < 1.29 is 13.9 Å². The summed E-state index contributed by atoms with van der Waals surface area (Å²) in [6.07, 6.45) is 0.953. The summed E-state index contributed by atoms with van der Waals surface area (Å²) in [6.45, 7) is 1.49. The Morgan fingerprint density at radius 2 is 2.00 bits per heavy atom. The lowest BCUT2D eigenvalue weighted by Gasteiger charge is -2.19. The number of fused-ring (bicyclic) bond motifs is 1. The van der Waals surface area contributed by atoms with Gasteiger partial charge in [0.15, 0.2) is 5.76 Å². The number of ether oxygens (including phenoxy) is 1. The Morgan fingerprint density at radius 3 is 2.81 bits per heavy atom. The van der Waals surface area contributed by atoms with Crippen LogP contribution in [0.4, 0.5) is 0 Å². The number of hydrogen-bond acceptors (Lipinski definition) is 4. The van der Waals surface area contributed by atoms with Crippen LogP contribution in [-0.4, -0.2) is 36.8 Å². The van der Waals surface area contributed by atoms with Crippen LogP contribution in [0.3, 0.4) is 0 Å². The van der Waals surface area contributed by atoms with E-state index in [1.807, 2.05) is 47.0 Å². The quantitative estimate of drug-likeness (QED) is 0.669. The van der Waals surface area contributed by atoms with E-state index in [9.17, 15) is 4.79 Å². The molecule has 1 aliphatic heterocycles. The molecule has 134 valence electrons. The van der Waals surface area contributed by atoms with Gasteiger partial charge in [-0.1, -0.05) is 30.3 Å². The van der Waals surface area contributed by atoms with Gasteiger partial charge in [0.25, 0.3) is 5.91 Å². The highest BCUT2D eigenvalue weighted by molar-refractivity contribution is 7.99. The molecule has 0 bridgehead atoms. The lowest BCUT2D eigenvalue weighted by molar-refractivity contribution is 0.0737. The Bertz CT molecular complexity index is 906. The molecule has 0 saturated carbocycles. The number of rotatable bonds is 3. The molecule has 26 heavy (non-hydrogen) atoms. The molecule has 0 spiro atoms. The fourth-order valence-corrected chi connectivity index (χ4v) is 4.55. The molecule has 3 aromatic rings. The molecule has 1 fully saturated rings. The van der Waals surface area contributed by atoms with E-state index in [1.165, 1.54) is 5.56 Å². The average molecular weight is 367 g/mol. The molecular weight excluding hydrogens is 346 g/mol. The molecule has 0 N–H and O–H groups in total.